The first-order valence-corrected chi connectivity index (χ1v) is 10.5. The van der Waals surface area contributed by atoms with E-state index in [0.717, 1.165) is 44.0 Å². The summed E-state index contributed by atoms with van der Waals surface area (Å²) in [7, 11) is 1.83. The van der Waals surface area contributed by atoms with Gasteiger partial charge in [-0.05, 0) is 28.2 Å². The molecule has 0 aromatic heterocycles. The summed E-state index contributed by atoms with van der Waals surface area (Å²) in [6, 6.07) is 16.9. The highest BCUT2D eigenvalue weighted by atomic mass is 16.5. The number of carbonyl (C=O) groups excluding carboxylic acids is 1. The van der Waals surface area contributed by atoms with Crippen LogP contribution in [0.1, 0.15) is 42.0 Å². The number of ether oxygens (including phenoxy) is 1. The Morgan fingerprint density at radius 2 is 1.59 bits per heavy atom. The minimum Gasteiger partial charge on any atom is -0.379 e. The van der Waals surface area contributed by atoms with Gasteiger partial charge in [-0.2, -0.15) is 0 Å². The predicted octanol–water partition coefficient (Wildman–Crippen LogP) is 3.98. The molecule has 2 aromatic rings. The molecule has 156 valence electrons. The van der Waals surface area contributed by atoms with E-state index >= 15 is 0 Å². The van der Waals surface area contributed by atoms with Crippen molar-refractivity contribution in [3.8, 4) is 0 Å². The van der Waals surface area contributed by atoms with Crippen LogP contribution in [0.2, 0.25) is 0 Å². The van der Waals surface area contributed by atoms with Crippen LogP contribution in [0.3, 0.4) is 0 Å². The van der Waals surface area contributed by atoms with Crippen molar-refractivity contribution in [1.82, 2.24) is 15.1 Å². The molecule has 1 heterocycles. The number of nitrogens with one attached hydrogen (secondary N) is 1. The van der Waals surface area contributed by atoms with E-state index < -0.39 is 0 Å². The third kappa shape index (κ3) is 6.58. The van der Waals surface area contributed by atoms with Crippen molar-refractivity contribution >= 4 is 6.03 Å². The molecule has 5 heteroatoms. The Morgan fingerprint density at radius 3 is 2.21 bits per heavy atom. The summed E-state index contributed by atoms with van der Waals surface area (Å²) in [6.45, 7) is 10.1. The van der Waals surface area contributed by atoms with E-state index in [9.17, 15) is 4.79 Å². The third-order valence-corrected chi connectivity index (χ3v) is 5.39. The molecule has 1 aliphatic rings. The molecule has 1 aliphatic heterocycles. The fourth-order valence-electron chi connectivity index (χ4n) is 3.45. The zero-order valence-corrected chi connectivity index (χ0v) is 17.9. The van der Waals surface area contributed by atoms with Crippen molar-refractivity contribution in [2.24, 2.45) is 0 Å². The van der Waals surface area contributed by atoms with Gasteiger partial charge in [-0.3, -0.25) is 4.90 Å². The van der Waals surface area contributed by atoms with Crippen LogP contribution in [0, 0.1) is 0 Å². The fourth-order valence-corrected chi connectivity index (χ4v) is 3.45. The highest BCUT2D eigenvalue weighted by Crippen LogP contribution is 2.15. The molecule has 1 saturated heterocycles. The number of hydrogen-bond donors (Lipinski definition) is 1. The molecule has 0 spiro atoms. The van der Waals surface area contributed by atoms with Gasteiger partial charge >= 0.3 is 6.03 Å². The van der Waals surface area contributed by atoms with Crippen LogP contribution < -0.4 is 5.32 Å². The molecule has 1 N–H and O–H groups in total. The van der Waals surface area contributed by atoms with Crippen LogP contribution in [0.4, 0.5) is 4.79 Å². The molecule has 2 amide bonds. The molecule has 0 radical (unpaired) electrons. The zero-order valence-electron chi connectivity index (χ0n) is 17.9. The van der Waals surface area contributed by atoms with E-state index in [1.54, 1.807) is 4.90 Å². The summed E-state index contributed by atoms with van der Waals surface area (Å²) < 4.78 is 5.40. The first kappa shape index (κ1) is 21.3. The number of morpholine rings is 1. The highest BCUT2D eigenvalue weighted by Gasteiger charge is 2.11. The van der Waals surface area contributed by atoms with Crippen molar-refractivity contribution in [1.29, 1.82) is 0 Å². The van der Waals surface area contributed by atoms with Gasteiger partial charge < -0.3 is 15.0 Å². The largest absolute Gasteiger partial charge is 0.379 e. The van der Waals surface area contributed by atoms with Gasteiger partial charge in [0.05, 0.1) is 13.2 Å². The Labute approximate surface area is 174 Å². The second kappa shape index (κ2) is 10.4. The molecule has 29 heavy (non-hydrogen) atoms. The zero-order chi connectivity index (χ0) is 20.6. The lowest BCUT2D eigenvalue weighted by Gasteiger charge is -2.26. The van der Waals surface area contributed by atoms with Crippen LogP contribution in [-0.4, -0.2) is 49.2 Å². The van der Waals surface area contributed by atoms with E-state index in [-0.39, 0.29) is 6.03 Å². The van der Waals surface area contributed by atoms with Crippen LogP contribution in [0.15, 0.2) is 48.5 Å². The average molecular weight is 396 g/mol. The Morgan fingerprint density at radius 1 is 1.00 bits per heavy atom. The third-order valence-electron chi connectivity index (χ3n) is 5.39. The highest BCUT2D eigenvalue weighted by molar-refractivity contribution is 5.73. The van der Waals surface area contributed by atoms with Gasteiger partial charge in [-0.15, -0.1) is 0 Å². The maximum absolute atomic E-state index is 12.4. The Kier molecular flexibility index (Phi) is 7.67. The molecular weight excluding hydrogens is 362 g/mol. The van der Waals surface area contributed by atoms with Gasteiger partial charge in [0.15, 0.2) is 0 Å². The smallest absolute Gasteiger partial charge is 0.317 e. The van der Waals surface area contributed by atoms with Crippen LogP contribution in [-0.2, 0) is 24.4 Å². The minimum absolute atomic E-state index is 0.0599. The summed E-state index contributed by atoms with van der Waals surface area (Å²) in [5, 5.41) is 3.01. The van der Waals surface area contributed by atoms with Crippen molar-refractivity contribution < 1.29 is 9.53 Å². The number of carbonyl (C=O) groups is 1. The van der Waals surface area contributed by atoms with Gasteiger partial charge in [0.1, 0.15) is 0 Å². The SMILES string of the molecule is CC(C)c1ccc(CN(C)C(=O)NCc2ccc(CN3CCOCC3)cc2)cc1. The molecule has 0 unspecified atom stereocenters. The summed E-state index contributed by atoms with van der Waals surface area (Å²) in [5.74, 6) is 0.519. The van der Waals surface area contributed by atoms with E-state index in [1.807, 2.05) is 7.05 Å². The predicted molar refractivity (Wildman–Crippen MR) is 117 cm³/mol. The molecule has 3 rings (SSSR count). The van der Waals surface area contributed by atoms with Gasteiger partial charge in [-0.25, -0.2) is 4.79 Å². The molecule has 1 fully saturated rings. The Hall–Kier alpha value is -2.37. The second-order valence-corrected chi connectivity index (χ2v) is 8.12. The molecule has 0 atom stereocenters. The maximum Gasteiger partial charge on any atom is 0.317 e. The lowest BCUT2D eigenvalue weighted by Crippen LogP contribution is -2.36. The van der Waals surface area contributed by atoms with Crippen LogP contribution >= 0.6 is 0 Å². The topological polar surface area (TPSA) is 44.8 Å². The first-order valence-electron chi connectivity index (χ1n) is 10.5. The van der Waals surface area contributed by atoms with E-state index in [0.29, 0.717) is 19.0 Å². The monoisotopic (exact) mass is 395 g/mol. The number of amides is 2. The standard InChI is InChI=1S/C24H33N3O2/c1-19(2)23-10-8-21(9-11-23)17-26(3)24(28)25-16-20-4-6-22(7-5-20)18-27-12-14-29-15-13-27/h4-11,19H,12-18H2,1-3H3,(H,25,28). The number of urea groups is 1. The van der Waals surface area contributed by atoms with E-state index in [4.69, 9.17) is 4.74 Å². The normalized spacial score (nSPS) is 14.8. The lowest BCUT2D eigenvalue weighted by molar-refractivity contribution is 0.0342. The van der Waals surface area contributed by atoms with Gasteiger partial charge in [0.25, 0.3) is 0 Å². The molecule has 0 bridgehead atoms. The van der Waals surface area contributed by atoms with Crippen LogP contribution in [0.5, 0.6) is 0 Å². The Bertz CT molecular complexity index is 766. The van der Waals surface area contributed by atoms with Crippen LogP contribution in [0.25, 0.3) is 0 Å². The van der Waals surface area contributed by atoms with Crippen molar-refractivity contribution in [2.45, 2.75) is 39.4 Å². The Balaban J connectivity index is 1.44. The number of benzene rings is 2. The summed E-state index contributed by atoms with van der Waals surface area (Å²) in [6.07, 6.45) is 0. The molecular formula is C24H33N3O2. The number of nitrogens with zero attached hydrogens (tertiary/aromatic N) is 2. The second-order valence-electron chi connectivity index (χ2n) is 8.12. The summed E-state index contributed by atoms with van der Waals surface area (Å²) in [5.41, 5.74) is 4.86. The molecule has 5 nitrogen and oxygen atoms in total. The molecule has 0 saturated carbocycles. The fraction of sp³-hybridized carbons (Fsp3) is 0.458. The summed E-state index contributed by atoms with van der Waals surface area (Å²) in [4.78, 5) is 16.5. The van der Waals surface area contributed by atoms with E-state index in [1.165, 1.54) is 11.1 Å². The average Bonchev–Trinajstić information content (AvgIpc) is 2.74. The van der Waals surface area contributed by atoms with Gasteiger partial charge in [-0.1, -0.05) is 62.4 Å². The molecule has 0 aliphatic carbocycles. The van der Waals surface area contributed by atoms with Gasteiger partial charge in [0.2, 0.25) is 0 Å². The molecule has 2 aromatic carbocycles. The first-order chi connectivity index (χ1) is 14.0. The van der Waals surface area contributed by atoms with Crippen molar-refractivity contribution in [3.05, 3.63) is 70.8 Å². The quantitative estimate of drug-likeness (QED) is 0.771. The lowest BCUT2D eigenvalue weighted by atomic mass is 10.0. The maximum atomic E-state index is 12.4. The number of hydrogen-bond acceptors (Lipinski definition) is 3. The van der Waals surface area contributed by atoms with Gasteiger partial charge in [0, 0.05) is 39.8 Å². The number of rotatable bonds is 7. The summed E-state index contributed by atoms with van der Waals surface area (Å²) >= 11 is 0. The minimum atomic E-state index is -0.0599. The van der Waals surface area contributed by atoms with E-state index in [2.05, 4.69) is 72.6 Å². The van der Waals surface area contributed by atoms with Crippen molar-refractivity contribution in [3.63, 3.8) is 0 Å². The van der Waals surface area contributed by atoms with Crippen molar-refractivity contribution in [2.75, 3.05) is 33.4 Å².